The predicted octanol–water partition coefficient (Wildman–Crippen LogP) is 0.0956. The molecule has 7 nitrogen and oxygen atoms in total. The Labute approximate surface area is 159 Å². The van der Waals surface area contributed by atoms with Gasteiger partial charge in [0.1, 0.15) is 39.3 Å². The zero-order chi connectivity index (χ0) is 19.2. The summed E-state index contributed by atoms with van der Waals surface area (Å²) in [5, 5.41) is 10.9. The van der Waals surface area contributed by atoms with Crippen LogP contribution in [0.25, 0.3) is 0 Å². The highest BCUT2D eigenvalue weighted by atomic mass is 16.6. The van der Waals surface area contributed by atoms with Gasteiger partial charge in [-0.2, -0.15) is 0 Å². The first kappa shape index (κ1) is 19.1. The Morgan fingerprint density at radius 1 is 0.889 bits per heavy atom. The topological polar surface area (TPSA) is 70.5 Å². The molecule has 144 valence electrons. The summed E-state index contributed by atoms with van der Waals surface area (Å²) in [7, 11) is 3.30. The maximum atomic E-state index is 10.9. The quantitative estimate of drug-likeness (QED) is 0.533. The number of nitrogens with zero attached hydrogens (tertiary/aromatic N) is 1. The Morgan fingerprint density at radius 3 is 2.04 bits per heavy atom. The van der Waals surface area contributed by atoms with Crippen LogP contribution in [0.15, 0.2) is 42.5 Å². The molecule has 1 fully saturated rings. The first-order chi connectivity index (χ1) is 13.1. The summed E-state index contributed by atoms with van der Waals surface area (Å²) in [6.45, 7) is 6.09. The molecule has 7 heteroatoms. The monoisotopic (exact) mass is 373 g/mol. The minimum Gasteiger partial charge on any atom is -0.493 e. The van der Waals surface area contributed by atoms with Gasteiger partial charge in [0.25, 0.3) is 5.69 Å². The molecule has 0 amide bonds. The third-order valence-electron chi connectivity index (χ3n) is 5.14. The number of hydrogen-bond donors (Lipinski definition) is 2. The lowest BCUT2D eigenvalue weighted by Crippen LogP contribution is -3.27. The standard InChI is InChI=1S/C20H25N3O4/c1-26-19-7-6-17(13-20(19)27-2)15-22-10-8-21(9-11-22)14-16-4-3-5-18(12-16)23(24)25/h3-7,12-13H,8-11,14-15H2,1-2H3/p+2. The lowest BCUT2D eigenvalue weighted by Gasteiger charge is -2.29. The summed E-state index contributed by atoms with van der Waals surface area (Å²) in [5.74, 6) is 1.52. The third-order valence-corrected chi connectivity index (χ3v) is 5.14. The molecule has 0 saturated carbocycles. The maximum absolute atomic E-state index is 10.9. The second kappa shape index (κ2) is 8.83. The van der Waals surface area contributed by atoms with Crippen LogP contribution < -0.4 is 19.3 Å². The molecule has 27 heavy (non-hydrogen) atoms. The summed E-state index contributed by atoms with van der Waals surface area (Å²) in [4.78, 5) is 13.6. The molecule has 0 aromatic heterocycles. The van der Waals surface area contributed by atoms with Crippen LogP contribution in [0, 0.1) is 10.1 Å². The fraction of sp³-hybridized carbons (Fsp3) is 0.400. The molecule has 0 unspecified atom stereocenters. The number of nitrogens with one attached hydrogen (secondary N) is 2. The van der Waals surface area contributed by atoms with Gasteiger partial charge in [0.15, 0.2) is 11.5 Å². The molecular formula is C20H27N3O4+2. The molecule has 0 aliphatic carbocycles. The normalized spacial score (nSPS) is 19.5. The van der Waals surface area contributed by atoms with Gasteiger partial charge in [0.2, 0.25) is 0 Å². The number of rotatable bonds is 7. The maximum Gasteiger partial charge on any atom is 0.269 e. The molecule has 2 aromatic carbocycles. The van der Waals surface area contributed by atoms with E-state index in [0.717, 1.165) is 56.3 Å². The molecule has 1 saturated heterocycles. The number of nitro benzene ring substituents is 1. The van der Waals surface area contributed by atoms with E-state index < -0.39 is 0 Å². The Hall–Kier alpha value is -2.64. The first-order valence-electron chi connectivity index (χ1n) is 9.20. The van der Waals surface area contributed by atoms with Crippen molar-refractivity contribution in [3.8, 4) is 11.5 Å². The van der Waals surface area contributed by atoms with Gasteiger partial charge in [-0.1, -0.05) is 12.1 Å². The van der Waals surface area contributed by atoms with Gasteiger partial charge in [-0.15, -0.1) is 0 Å². The van der Waals surface area contributed by atoms with Crippen molar-refractivity contribution < 1.29 is 24.2 Å². The third kappa shape index (κ3) is 4.96. The Bertz CT molecular complexity index is 789. The van der Waals surface area contributed by atoms with Crippen molar-refractivity contribution in [2.24, 2.45) is 0 Å². The van der Waals surface area contributed by atoms with Crippen molar-refractivity contribution in [2.45, 2.75) is 13.1 Å². The van der Waals surface area contributed by atoms with Crippen LogP contribution in [0.3, 0.4) is 0 Å². The van der Waals surface area contributed by atoms with E-state index in [2.05, 4.69) is 6.07 Å². The van der Waals surface area contributed by atoms with E-state index in [1.165, 1.54) is 10.5 Å². The molecule has 2 N–H and O–H groups in total. The van der Waals surface area contributed by atoms with Crippen molar-refractivity contribution in [2.75, 3.05) is 40.4 Å². The molecule has 0 atom stereocenters. The highest BCUT2D eigenvalue weighted by molar-refractivity contribution is 5.42. The van der Waals surface area contributed by atoms with Crippen molar-refractivity contribution in [1.29, 1.82) is 0 Å². The molecule has 3 rings (SSSR count). The Kier molecular flexibility index (Phi) is 6.26. The van der Waals surface area contributed by atoms with Gasteiger partial charge >= 0.3 is 0 Å². The number of quaternary nitrogens is 2. The smallest absolute Gasteiger partial charge is 0.269 e. The number of hydrogen-bond acceptors (Lipinski definition) is 4. The molecule has 0 spiro atoms. The lowest BCUT2D eigenvalue weighted by molar-refractivity contribution is -1.02. The predicted molar refractivity (Wildman–Crippen MR) is 101 cm³/mol. The van der Waals surface area contributed by atoms with Crippen LogP contribution in [0.2, 0.25) is 0 Å². The van der Waals surface area contributed by atoms with Gasteiger partial charge < -0.3 is 19.3 Å². The number of ether oxygens (including phenoxy) is 2. The van der Waals surface area contributed by atoms with E-state index in [1.807, 2.05) is 18.2 Å². The van der Waals surface area contributed by atoms with Crippen molar-refractivity contribution in [3.63, 3.8) is 0 Å². The van der Waals surface area contributed by atoms with Crippen molar-refractivity contribution in [1.82, 2.24) is 0 Å². The second-order valence-corrected chi connectivity index (χ2v) is 6.97. The average molecular weight is 373 g/mol. The number of nitro groups is 1. The average Bonchev–Trinajstić information content (AvgIpc) is 2.69. The van der Waals surface area contributed by atoms with E-state index in [9.17, 15) is 10.1 Å². The minimum atomic E-state index is -0.329. The molecule has 2 aromatic rings. The lowest BCUT2D eigenvalue weighted by atomic mass is 10.1. The summed E-state index contributed by atoms with van der Waals surface area (Å²) in [6, 6.07) is 13.1. The van der Waals surface area contributed by atoms with E-state index >= 15 is 0 Å². The van der Waals surface area contributed by atoms with Gasteiger partial charge in [0, 0.05) is 23.3 Å². The largest absolute Gasteiger partial charge is 0.493 e. The van der Waals surface area contributed by atoms with Crippen LogP contribution >= 0.6 is 0 Å². The van der Waals surface area contributed by atoms with E-state index in [0.29, 0.717) is 0 Å². The Balaban J connectivity index is 1.53. The number of benzene rings is 2. The zero-order valence-corrected chi connectivity index (χ0v) is 15.9. The SMILES string of the molecule is COc1ccc(C[NH+]2CC[NH+](Cc3cccc([N+](=O)[O-])c3)CC2)cc1OC. The van der Waals surface area contributed by atoms with Crippen LogP contribution in [0.4, 0.5) is 5.69 Å². The summed E-state index contributed by atoms with van der Waals surface area (Å²) in [5.41, 5.74) is 2.44. The highest BCUT2D eigenvalue weighted by Gasteiger charge is 2.24. The van der Waals surface area contributed by atoms with E-state index in [-0.39, 0.29) is 10.6 Å². The van der Waals surface area contributed by atoms with Crippen LogP contribution in [0.1, 0.15) is 11.1 Å². The zero-order valence-electron chi connectivity index (χ0n) is 15.9. The number of methoxy groups -OCH3 is 2. The van der Waals surface area contributed by atoms with Gasteiger partial charge in [-0.05, 0) is 18.2 Å². The minimum absolute atomic E-state index is 0.171. The van der Waals surface area contributed by atoms with Gasteiger partial charge in [-0.25, -0.2) is 0 Å². The van der Waals surface area contributed by atoms with E-state index in [1.54, 1.807) is 37.3 Å². The van der Waals surface area contributed by atoms with Gasteiger partial charge in [-0.3, -0.25) is 10.1 Å². The number of piperazine rings is 1. The van der Waals surface area contributed by atoms with Crippen molar-refractivity contribution >= 4 is 5.69 Å². The second-order valence-electron chi connectivity index (χ2n) is 6.97. The van der Waals surface area contributed by atoms with Gasteiger partial charge in [0.05, 0.1) is 19.1 Å². The molecule has 1 aliphatic heterocycles. The fourth-order valence-corrected chi connectivity index (χ4v) is 3.66. The Morgan fingerprint density at radius 2 is 1.48 bits per heavy atom. The number of non-ortho nitro benzene ring substituents is 1. The first-order valence-corrected chi connectivity index (χ1v) is 9.20. The molecular weight excluding hydrogens is 346 g/mol. The fourth-order valence-electron chi connectivity index (χ4n) is 3.66. The highest BCUT2D eigenvalue weighted by Crippen LogP contribution is 2.27. The van der Waals surface area contributed by atoms with Crippen molar-refractivity contribution in [3.05, 3.63) is 63.7 Å². The van der Waals surface area contributed by atoms with Crippen LogP contribution in [0.5, 0.6) is 11.5 Å². The van der Waals surface area contributed by atoms with Crippen LogP contribution in [-0.2, 0) is 13.1 Å². The van der Waals surface area contributed by atoms with Crippen LogP contribution in [-0.4, -0.2) is 45.3 Å². The molecule has 0 radical (unpaired) electrons. The molecule has 1 aliphatic rings. The molecule has 1 heterocycles. The summed E-state index contributed by atoms with van der Waals surface area (Å²) in [6.07, 6.45) is 0. The summed E-state index contributed by atoms with van der Waals surface area (Å²) >= 11 is 0. The molecule has 0 bridgehead atoms. The summed E-state index contributed by atoms with van der Waals surface area (Å²) < 4.78 is 10.7. The van der Waals surface area contributed by atoms with E-state index in [4.69, 9.17) is 9.47 Å².